The van der Waals surface area contributed by atoms with Gasteiger partial charge in [0.15, 0.2) is 0 Å². The molecule has 0 amide bonds. The summed E-state index contributed by atoms with van der Waals surface area (Å²) in [6.45, 7) is 16.6. The summed E-state index contributed by atoms with van der Waals surface area (Å²) in [5, 5.41) is 13.2. The van der Waals surface area contributed by atoms with Crippen LogP contribution < -0.4 is 0 Å². The first-order valence-corrected chi connectivity index (χ1v) is 7.57. The zero-order chi connectivity index (χ0) is 20.5. The van der Waals surface area contributed by atoms with Crippen molar-refractivity contribution in [2.24, 2.45) is 0 Å². The number of rotatable bonds is 7. The average Bonchev–Trinajstić information content (AvgIpc) is 3.54. The Morgan fingerprint density at radius 1 is 0.786 bits per heavy atom. The summed E-state index contributed by atoms with van der Waals surface area (Å²) in [6.07, 6.45) is 11.8. The molecule has 0 atom stereocenters. The van der Waals surface area contributed by atoms with Gasteiger partial charge in [-0.1, -0.05) is 6.92 Å². The van der Waals surface area contributed by atoms with Gasteiger partial charge in [0.25, 0.3) is 5.79 Å². The molecule has 28 heavy (non-hydrogen) atoms. The number of aromatic nitrogens is 6. The molecular weight excluding hydrogens is 538 g/mol. The van der Waals surface area contributed by atoms with Crippen LogP contribution in [0.25, 0.3) is 0 Å². The van der Waals surface area contributed by atoms with Crippen LogP contribution in [-0.4, -0.2) is 42.6 Å². The van der Waals surface area contributed by atoms with Crippen LogP contribution in [0.1, 0.15) is 13.3 Å². The molecule has 0 spiro atoms. The summed E-state index contributed by atoms with van der Waals surface area (Å²) in [5.74, 6) is -0.786. The molecule has 0 saturated carbocycles. The van der Waals surface area contributed by atoms with Gasteiger partial charge in [-0.2, -0.15) is 15.3 Å². The van der Waals surface area contributed by atoms with Crippen molar-refractivity contribution in [3.8, 4) is 0 Å². The first-order chi connectivity index (χ1) is 13.4. The SMILES string of the molecule is CCCOCC(n1cccn1)(n1cccn1)n1cccn1.[C-]#[O+].[C-]#[O+].[C-]#[O+].[Re]. The minimum absolute atomic E-state index is 0. The molecule has 0 N–H and O–H groups in total. The summed E-state index contributed by atoms with van der Waals surface area (Å²) in [7, 11) is 0. The van der Waals surface area contributed by atoms with Gasteiger partial charge in [-0.3, -0.25) is 0 Å². The fourth-order valence-electron chi connectivity index (χ4n) is 2.31. The second kappa shape index (κ2) is 16.6. The normalized spacial score (nSPS) is 9.11. The quantitative estimate of drug-likeness (QED) is 0.247. The van der Waals surface area contributed by atoms with Crippen LogP contribution in [-0.2, 0) is 44.9 Å². The van der Waals surface area contributed by atoms with E-state index in [2.05, 4.69) is 42.2 Å². The molecule has 0 aliphatic rings. The number of hydrogen-bond acceptors (Lipinski definition) is 4. The maximum absolute atomic E-state index is 7.50. The van der Waals surface area contributed by atoms with Crippen LogP contribution in [0.2, 0.25) is 0 Å². The van der Waals surface area contributed by atoms with E-state index in [4.69, 9.17) is 18.7 Å². The third-order valence-electron chi connectivity index (χ3n) is 3.26. The van der Waals surface area contributed by atoms with E-state index in [1.165, 1.54) is 0 Å². The summed E-state index contributed by atoms with van der Waals surface area (Å²) in [5.41, 5.74) is 0. The Bertz CT molecular complexity index is 668. The topological polar surface area (TPSA) is 122 Å². The molecule has 3 heterocycles. The van der Waals surface area contributed by atoms with E-state index in [0.29, 0.717) is 13.2 Å². The fourth-order valence-corrected chi connectivity index (χ4v) is 2.31. The largest absolute Gasteiger partial charge is 0 e. The van der Waals surface area contributed by atoms with Crippen molar-refractivity contribution in [3.63, 3.8) is 0 Å². The Balaban J connectivity index is 0. The molecule has 11 heteroatoms. The van der Waals surface area contributed by atoms with E-state index in [0.717, 1.165) is 6.42 Å². The zero-order valence-electron chi connectivity index (χ0n) is 15.0. The zero-order valence-corrected chi connectivity index (χ0v) is 17.7. The summed E-state index contributed by atoms with van der Waals surface area (Å²) in [6, 6.07) is 5.63. The van der Waals surface area contributed by atoms with Crippen molar-refractivity contribution in [1.29, 1.82) is 0 Å². The number of ether oxygens (including phenoxy) is 1. The van der Waals surface area contributed by atoms with Crippen LogP contribution in [0, 0.1) is 20.0 Å². The second-order valence-electron chi connectivity index (χ2n) is 4.68. The van der Waals surface area contributed by atoms with Gasteiger partial charge in [-0.25, -0.2) is 14.0 Å². The molecule has 0 saturated heterocycles. The Labute approximate surface area is 176 Å². The van der Waals surface area contributed by atoms with E-state index in [-0.39, 0.29) is 20.4 Å². The molecule has 10 nitrogen and oxygen atoms in total. The minimum Gasteiger partial charge on any atom is 0 e. The molecule has 3 rings (SSSR count). The van der Waals surface area contributed by atoms with Crippen LogP contribution >= 0.6 is 0 Å². The first-order valence-electron chi connectivity index (χ1n) is 7.57. The molecule has 1 radical (unpaired) electrons. The Kier molecular flexibility index (Phi) is 16.4. The van der Waals surface area contributed by atoms with Gasteiger partial charge < -0.3 is 4.74 Å². The summed E-state index contributed by atoms with van der Waals surface area (Å²) < 4.78 is 33.8. The summed E-state index contributed by atoms with van der Waals surface area (Å²) in [4.78, 5) is 0. The molecule has 0 aliphatic heterocycles. The van der Waals surface area contributed by atoms with Gasteiger partial charge in [-0.15, -0.1) is 0 Å². The average molecular weight is 557 g/mol. The molecule has 3 aromatic heterocycles. The molecule has 0 fully saturated rings. The van der Waals surface area contributed by atoms with Crippen LogP contribution in [0.3, 0.4) is 0 Å². The van der Waals surface area contributed by atoms with Crippen LogP contribution in [0.15, 0.2) is 55.4 Å². The molecule has 0 aliphatic carbocycles. The Hall–Kier alpha value is -2.53. The molecular formula is C17H18N6O4Re. The van der Waals surface area contributed by atoms with Crippen molar-refractivity contribution in [1.82, 2.24) is 29.3 Å². The minimum atomic E-state index is -0.786. The van der Waals surface area contributed by atoms with E-state index < -0.39 is 5.79 Å². The summed E-state index contributed by atoms with van der Waals surface area (Å²) >= 11 is 0. The van der Waals surface area contributed by atoms with E-state index in [1.54, 1.807) is 18.6 Å². The molecule has 0 aromatic carbocycles. The smallest absolute Gasteiger partial charge is 0 e. The number of hydrogen-bond donors (Lipinski definition) is 0. The van der Waals surface area contributed by atoms with Gasteiger partial charge >= 0.3 is 33.9 Å². The molecule has 0 bridgehead atoms. The van der Waals surface area contributed by atoms with Crippen LogP contribution in [0.4, 0.5) is 0 Å². The Morgan fingerprint density at radius 2 is 1.14 bits per heavy atom. The van der Waals surface area contributed by atoms with Crippen molar-refractivity contribution in [2.45, 2.75) is 19.1 Å². The third kappa shape index (κ3) is 6.57. The van der Waals surface area contributed by atoms with E-state index in [9.17, 15) is 0 Å². The third-order valence-corrected chi connectivity index (χ3v) is 3.26. The second-order valence-corrected chi connectivity index (χ2v) is 4.68. The van der Waals surface area contributed by atoms with Crippen molar-refractivity contribution in [3.05, 3.63) is 75.3 Å². The van der Waals surface area contributed by atoms with Crippen molar-refractivity contribution < 1.29 is 39.1 Å². The predicted molar refractivity (Wildman–Crippen MR) is 88.3 cm³/mol. The monoisotopic (exact) mass is 557 g/mol. The van der Waals surface area contributed by atoms with E-state index >= 15 is 0 Å². The maximum Gasteiger partial charge on any atom is 0 e. The molecule has 147 valence electrons. The standard InChI is InChI=1S/C14H18N6O.3CO.Re/c1-2-12-21-13-14(18-9-3-6-15-18,19-10-4-7-16-19)20-11-5-8-17-20;3*1-2;/h3-11H,2,12-13H2,1H3;;;;. The van der Waals surface area contributed by atoms with Crippen molar-refractivity contribution >= 4 is 0 Å². The van der Waals surface area contributed by atoms with Gasteiger partial charge in [0.1, 0.15) is 6.61 Å². The van der Waals surface area contributed by atoms with Gasteiger partial charge in [0.2, 0.25) is 0 Å². The molecule has 0 unspecified atom stereocenters. The van der Waals surface area contributed by atoms with Gasteiger partial charge in [-0.05, 0) is 24.6 Å². The number of nitrogens with zero attached hydrogens (tertiary/aromatic N) is 6. The Morgan fingerprint density at radius 3 is 1.39 bits per heavy atom. The van der Waals surface area contributed by atoms with Crippen molar-refractivity contribution in [2.75, 3.05) is 13.2 Å². The molecule has 3 aromatic rings. The van der Waals surface area contributed by atoms with E-state index in [1.807, 2.05) is 50.8 Å². The van der Waals surface area contributed by atoms with Crippen LogP contribution in [0.5, 0.6) is 0 Å². The van der Waals surface area contributed by atoms with Gasteiger partial charge in [0, 0.05) is 64.2 Å². The first kappa shape index (κ1) is 27.7. The predicted octanol–water partition coefficient (Wildman–Crippen LogP) is 1.29. The fraction of sp³-hybridized carbons (Fsp3) is 0.294. The van der Waals surface area contributed by atoms with Gasteiger partial charge in [0.05, 0.1) is 0 Å². The maximum atomic E-state index is 7.50.